The SMILES string of the molecule is CCNC(=NCCCCn1cnnc1)NCCc1ncc(CC)s1. The summed E-state index contributed by atoms with van der Waals surface area (Å²) < 4.78 is 1.99. The Morgan fingerprint density at radius 1 is 1.21 bits per heavy atom. The van der Waals surface area contributed by atoms with Crippen molar-refractivity contribution in [2.24, 2.45) is 4.99 Å². The summed E-state index contributed by atoms with van der Waals surface area (Å²) >= 11 is 1.80. The van der Waals surface area contributed by atoms with Crippen LogP contribution in [0.25, 0.3) is 0 Å². The smallest absolute Gasteiger partial charge is 0.191 e. The molecule has 0 saturated heterocycles. The number of nitrogens with one attached hydrogen (secondary N) is 2. The maximum Gasteiger partial charge on any atom is 0.191 e. The molecule has 7 nitrogen and oxygen atoms in total. The molecule has 0 aliphatic carbocycles. The quantitative estimate of drug-likeness (QED) is 0.389. The fraction of sp³-hybridized carbons (Fsp3) is 0.625. The van der Waals surface area contributed by atoms with Gasteiger partial charge in [-0.3, -0.25) is 4.99 Å². The van der Waals surface area contributed by atoms with E-state index in [2.05, 4.69) is 44.7 Å². The number of hydrogen-bond donors (Lipinski definition) is 2. The molecule has 0 spiro atoms. The van der Waals surface area contributed by atoms with Crippen molar-refractivity contribution >= 4 is 17.3 Å². The van der Waals surface area contributed by atoms with Crippen molar-refractivity contribution in [1.82, 2.24) is 30.4 Å². The van der Waals surface area contributed by atoms with Crippen molar-refractivity contribution in [1.29, 1.82) is 0 Å². The summed E-state index contributed by atoms with van der Waals surface area (Å²) in [7, 11) is 0. The average molecular weight is 350 g/mol. The summed E-state index contributed by atoms with van der Waals surface area (Å²) in [5.74, 6) is 0.883. The zero-order chi connectivity index (χ0) is 17.0. The van der Waals surface area contributed by atoms with E-state index in [0.717, 1.165) is 57.8 Å². The van der Waals surface area contributed by atoms with Gasteiger partial charge in [0.05, 0.1) is 5.01 Å². The van der Waals surface area contributed by atoms with Gasteiger partial charge in [-0.15, -0.1) is 21.5 Å². The monoisotopic (exact) mass is 349 g/mol. The molecule has 0 aliphatic heterocycles. The number of hydrogen-bond acceptors (Lipinski definition) is 5. The highest BCUT2D eigenvalue weighted by Gasteiger charge is 2.02. The predicted molar refractivity (Wildman–Crippen MR) is 98.4 cm³/mol. The molecule has 0 saturated carbocycles. The van der Waals surface area contributed by atoms with Crippen molar-refractivity contribution in [3.8, 4) is 0 Å². The summed E-state index contributed by atoms with van der Waals surface area (Å²) in [5.41, 5.74) is 0. The van der Waals surface area contributed by atoms with Gasteiger partial charge >= 0.3 is 0 Å². The van der Waals surface area contributed by atoms with Gasteiger partial charge in [-0.05, 0) is 26.2 Å². The molecule has 2 rings (SSSR count). The first kappa shape index (κ1) is 18.4. The van der Waals surface area contributed by atoms with E-state index in [1.54, 1.807) is 24.0 Å². The summed E-state index contributed by atoms with van der Waals surface area (Å²) in [6.45, 7) is 7.71. The number of thiazole rings is 1. The first-order valence-electron chi connectivity index (χ1n) is 8.60. The Bertz CT molecular complexity index is 591. The lowest BCUT2D eigenvalue weighted by Crippen LogP contribution is -2.38. The van der Waals surface area contributed by atoms with E-state index in [4.69, 9.17) is 0 Å². The third-order valence-corrected chi connectivity index (χ3v) is 4.69. The molecule has 0 aromatic carbocycles. The van der Waals surface area contributed by atoms with E-state index in [1.807, 2.05) is 10.8 Å². The molecule has 2 aromatic rings. The molecule has 0 amide bonds. The molecule has 0 fully saturated rings. The third-order valence-electron chi connectivity index (χ3n) is 3.49. The number of aromatic nitrogens is 4. The van der Waals surface area contributed by atoms with Crippen LogP contribution in [-0.4, -0.2) is 45.3 Å². The zero-order valence-corrected chi connectivity index (χ0v) is 15.3. The van der Waals surface area contributed by atoms with Crippen LogP contribution in [0.1, 0.15) is 36.6 Å². The van der Waals surface area contributed by atoms with E-state index in [-0.39, 0.29) is 0 Å². The minimum absolute atomic E-state index is 0.814. The molecule has 2 heterocycles. The average Bonchev–Trinajstić information content (AvgIpc) is 3.26. The van der Waals surface area contributed by atoms with Gasteiger partial charge in [-0.25, -0.2) is 4.98 Å². The minimum Gasteiger partial charge on any atom is -0.357 e. The largest absolute Gasteiger partial charge is 0.357 e. The van der Waals surface area contributed by atoms with Gasteiger partial charge in [0.25, 0.3) is 0 Å². The topological polar surface area (TPSA) is 80.0 Å². The summed E-state index contributed by atoms with van der Waals surface area (Å²) in [4.78, 5) is 10.4. The zero-order valence-electron chi connectivity index (χ0n) is 14.5. The lowest BCUT2D eigenvalue weighted by atomic mass is 10.3. The lowest BCUT2D eigenvalue weighted by Gasteiger charge is -2.10. The fourth-order valence-electron chi connectivity index (χ4n) is 2.19. The van der Waals surface area contributed by atoms with Crippen LogP contribution in [0.15, 0.2) is 23.8 Å². The van der Waals surface area contributed by atoms with Crippen LogP contribution >= 0.6 is 11.3 Å². The normalized spacial score (nSPS) is 11.7. The highest BCUT2D eigenvalue weighted by molar-refractivity contribution is 7.11. The number of guanidine groups is 1. The second-order valence-electron chi connectivity index (χ2n) is 5.42. The highest BCUT2D eigenvalue weighted by Crippen LogP contribution is 2.13. The van der Waals surface area contributed by atoms with E-state index in [9.17, 15) is 0 Å². The van der Waals surface area contributed by atoms with Crippen LogP contribution in [0, 0.1) is 0 Å². The van der Waals surface area contributed by atoms with Gasteiger partial charge in [0.1, 0.15) is 12.7 Å². The number of nitrogens with zero attached hydrogens (tertiary/aromatic N) is 5. The Morgan fingerprint density at radius 3 is 2.75 bits per heavy atom. The van der Waals surface area contributed by atoms with E-state index < -0.39 is 0 Å². The number of unbranched alkanes of at least 4 members (excludes halogenated alkanes) is 1. The summed E-state index contributed by atoms with van der Waals surface area (Å²) in [6, 6.07) is 0. The van der Waals surface area contributed by atoms with Crippen LogP contribution in [0.3, 0.4) is 0 Å². The predicted octanol–water partition coefficient (Wildman–Crippen LogP) is 1.87. The Kier molecular flexibility index (Phi) is 8.23. The second-order valence-corrected chi connectivity index (χ2v) is 6.62. The third kappa shape index (κ3) is 6.66. The number of aryl methyl sites for hydroxylation is 2. The van der Waals surface area contributed by atoms with Gasteiger partial charge in [0.15, 0.2) is 5.96 Å². The maximum atomic E-state index is 4.62. The highest BCUT2D eigenvalue weighted by atomic mass is 32.1. The molecule has 8 heteroatoms. The van der Waals surface area contributed by atoms with Gasteiger partial charge in [0, 0.05) is 43.7 Å². The Hall–Kier alpha value is -1.96. The van der Waals surface area contributed by atoms with E-state index >= 15 is 0 Å². The molecular formula is C16H27N7S. The van der Waals surface area contributed by atoms with Gasteiger partial charge in [-0.2, -0.15) is 0 Å². The molecule has 0 radical (unpaired) electrons. The summed E-state index contributed by atoms with van der Waals surface area (Å²) in [5, 5.41) is 15.5. The Balaban J connectivity index is 1.65. The fourth-order valence-corrected chi connectivity index (χ4v) is 3.05. The van der Waals surface area contributed by atoms with Crippen molar-refractivity contribution in [2.75, 3.05) is 19.6 Å². The van der Waals surface area contributed by atoms with Gasteiger partial charge in [-0.1, -0.05) is 6.92 Å². The van der Waals surface area contributed by atoms with Crippen LogP contribution in [0.5, 0.6) is 0 Å². The molecular weight excluding hydrogens is 322 g/mol. The van der Waals surface area contributed by atoms with Crippen molar-refractivity contribution in [2.45, 2.75) is 46.1 Å². The molecule has 0 atom stereocenters. The van der Waals surface area contributed by atoms with Gasteiger partial charge in [0.2, 0.25) is 0 Å². The standard InChI is InChI=1S/C16H27N7S/c1-3-14-11-20-15(24-14)7-9-19-16(17-4-2)18-8-5-6-10-23-12-21-22-13-23/h11-13H,3-10H2,1-2H3,(H2,17,18,19). The maximum absolute atomic E-state index is 4.62. The van der Waals surface area contributed by atoms with Crippen LogP contribution < -0.4 is 10.6 Å². The second kappa shape index (κ2) is 10.7. The van der Waals surface area contributed by atoms with Crippen LogP contribution in [0.2, 0.25) is 0 Å². The van der Waals surface area contributed by atoms with Crippen molar-refractivity contribution < 1.29 is 0 Å². The van der Waals surface area contributed by atoms with Crippen molar-refractivity contribution in [3.05, 3.63) is 28.7 Å². The lowest BCUT2D eigenvalue weighted by molar-refractivity contribution is 0.611. The molecule has 0 unspecified atom stereocenters. The summed E-state index contributed by atoms with van der Waals surface area (Å²) in [6.07, 6.45) is 9.58. The Morgan fingerprint density at radius 2 is 2.04 bits per heavy atom. The Labute approximate surface area is 147 Å². The minimum atomic E-state index is 0.814. The first-order valence-corrected chi connectivity index (χ1v) is 9.41. The molecule has 2 aromatic heterocycles. The number of rotatable bonds is 10. The first-order chi connectivity index (χ1) is 11.8. The van der Waals surface area contributed by atoms with Gasteiger partial charge < -0.3 is 15.2 Å². The van der Waals surface area contributed by atoms with Crippen molar-refractivity contribution in [3.63, 3.8) is 0 Å². The molecule has 2 N–H and O–H groups in total. The molecule has 0 aliphatic rings. The molecule has 24 heavy (non-hydrogen) atoms. The number of aliphatic imine (C=N–C) groups is 1. The molecule has 0 bridgehead atoms. The van der Waals surface area contributed by atoms with E-state index in [1.165, 1.54) is 9.88 Å². The van der Waals surface area contributed by atoms with E-state index in [0.29, 0.717) is 0 Å². The molecule has 132 valence electrons. The van der Waals surface area contributed by atoms with Crippen LogP contribution in [0.4, 0.5) is 0 Å². The van der Waals surface area contributed by atoms with Crippen LogP contribution in [-0.2, 0) is 19.4 Å².